The minimum Gasteiger partial charge on any atom is -0.353 e. The van der Waals surface area contributed by atoms with Gasteiger partial charge in [0, 0.05) is 61.8 Å². The molecule has 27 heavy (non-hydrogen) atoms. The van der Waals surface area contributed by atoms with Gasteiger partial charge in [0.05, 0.1) is 12.4 Å². The molecule has 3 saturated heterocycles. The topological polar surface area (TPSA) is 60.9 Å². The van der Waals surface area contributed by atoms with Crippen LogP contribution < -0.4 is 4.90 Å². The fourth-order valence-corrected chi connectivity index (χ4v) is 5.42. The zero-order chi connectivity index (χ0) is 18.1. The van der Waals surface area contributed by atoms with Crippen molar-refractivity contribution in [3.63, 3.8) is 0 Å². The molecule has 3 aliphatic heterocycles. The third-order valence-electron chi connectivity index (χ3n) is 6.84. The number of hydrogen-bond acceptors (Lipinski definition) is 5. The van der Waals surface area contributed by atoms with E-state index in [-0.39, 0.29) is 0 Å². The van der Waals surface area contributed by atoms with E-state index < -0.39 is 0 Å². The summed E-state index contributed by atoms with van der Waals surface area (Å²) in [7, 11) is 0. The zero-order valence-corrected chi connectivity index (χ0v) is 16.1. The van der Waals surface area contributed by atoms with Crippen LogP contribution in [0.3, 0.4) is 0 Å². The molecule has 2 aromatic rings. The summed E-state index contributed by atoms with van der Waals surface area (Å²) >= 11 is 0. The lowest BCUT2D eigenvalue weighted by atomic mass is 9.85. The molecule has 6 rings (SSSR count). The van der Waals surface area contributed by atoms with Gasteiger partial charge >= 0.3 is 0 Å². The van der Waals surface area contributed by atoms with E-state index >= 15 is 0 Å². The molecule has 6 heteroatoms. The maximum Gasteiger partial charge on any atom is 0.147 e. The lowest BCUT2D eigenvalue weighted by Gasteiger charge is -2.36. The van der Waals surface area contributed by atoms with Gasteiger partial charge in [-0.3, -0.25) is 15.0 Å². The Labute approximate surface area is 161 Å². The standard InChI is InChI=1S/C21H30N6/c1-2-4-17(5-3-1)21-18(10-24-25-21)14-26-12-16-6-7-19(26)15-27(13-16)20-11-22-8-9-23-20/h8-11,16-17,19H,1-7,12-15H2,(H,24,25)/t16-,19-/m1/s1. The fourth-order valence-electron chi connectivity index (χ4n) is 5.42. The molecule has 2 bridgehead atoms. The van der Waals surface area contributed by atoms with Crippen molar-refractivity contribution in [2.24, 2.45) is 5.92 Å². The average Bonchev–Trinajstić information content (AvgIpc) is 2.99. The number of hydrogen-bond donors (Lipinski definition) is 1. The highest BCUT2D eigenvalue weighted by atomic mass is 15.3. The summed E-state index contributed by atoms with van der Waals surface area (Å²) < 4.78 is 0. The van der Waals surface area contributed by atoms with E-state index in [0.717, 1.165) is 31.4 Å². The van der Waals surface area contributed by atoms with Crippen LogP contribution in [0, 0.1) is 5.92 Å². The normalized spacial score (nSPS) is 27.0. The van der Waals surface area contributed by atoms with Crippen molar-refractivity contribution in [1.82, 2.24) is 25.1 Å². The number of piperidine rings is 1. The Hall–Kier alpha value is -1.95. The van der Waals surface area contributed by atoms with Crippen molar-refractivity contribution < 1.29 is 0 Å². The Kier molecular flexibility index (Phi) is 4.82. The summed E-state index contributed by atoms with van der Waals surface area (Å²) in [4.78, 5) is 14.0. The summed E-state index contributed by atoms with van der Waals surface area (Å²) in [6.45, 7) is 4.40. The Balaban J connectivity index is 1.32. The van der Waals surface area contributed by atoms with Gasteiger partial charge in [0.1, 0.15) is 5.82 Å². The third-order valence-corrected chi connectivity index (χ3v) is 6.84. The molecule has 4 aliphatic rings. The molecule has 2 atom stereocenters. The van der Waals surface area contributed by atoms with Crippen LogP contribution in [0.4, 0.5) is 5.82 Å². The minimum atomic E-state index is 0.597. The predicted octanol–water partition coefficient (Wildman–Crippen LogP) is 3.35. The number of aromatic amines is 1. The largest absolute Gasteiger partial charge is 0.353 e. The summed E-state index contributed by atoms with van der Waals surface area (Å²) in [5.74, 6) is 2.44. The maximum atomic E-state index is 4.55. The van der Waals surface area contributed by atoms with Crippen molar-refractivity contribution in [2.75, 3.05) is 24.5 Å². The third kappa shape index (κ3) is 3.59. The summed E-state index contributed by atoms with van der Waals surface area (Å²) in [5, 5.41) is 7.78. The highest BCUT2D eigenvalue weighted by Crippen LogP contribution is 2.35. The van der Waals surface area contributed by atoms with Gasteiger partial charge in [0.25, 0.3) is 0 Å². The lowest BCUT2D eigenvalue weighted by Crippen LogP contribution is -2.43. The quantitative estimate of drug-likeness (QED) is 0.899. The van der Waals surface area contributed by atoms with Crippen molar-refractivity contribution in [3.8, 4) is 0 Å². The van der Waals surface area contributed by atoms with E-state index in [4.69, 9.17) is 0 Å². The molecule has 0 unspecified atom stereocenters. The average molecular weight is 367 g/mol. The molecular weight excluding hydrogens is 336 g/mol. The fraction of sp³-hybridized carbons (Fsp3) is 0.667. The first-order valence-electron chi connectivity index (χ1n) is 10.6. The van der Waals surface area contributed by atoms with Crippen LogP contribution >= 0.6 is 0 Å². The number of nitrogens with zero attached hydrogens (tertiary/aromatic N) is 5. The molecule has 0 amide bonds. The highest BCUT2D eigenvalue weighted by Gasteiger charge is 2.36. The van der Waals surface area contributed by atoms with Crippen LogP contribution in [0.25, 0.3) is 0 Å². The van der Waals surface area contributed by atoms with Crippen molar-refractivity contribution in [3.05, 3.63) is 36.0 Å². The van der Waals surface area contributed by atoms with Gasteiger partial charge in [-0.05, 0) is 31.6 Å². The van der Waals surface area contributed by atoms with Crippen LogP contribution in [0.1, 0.15) is 62.1 Å². The Morgan fingerprint density at radius 3 is 2.74 bits per heavy atom. The van der Waals surface area contributed by atoms with Gasteiger partial charge in [-0.1, -0.05) is 19.3 Å². The number of rotatable bonds is 4. The van der Waals surface area contributed by atoms with Crippen LogP contribution in [-0.4, -0.2) is 50.7 Å². The maximum absolute atomic E-state index is 4.55. The number of anilines is 1. The van der Waals surface area contributed by atoms with E-state index in [1.807, 2.05) is 12.4 Å². The molecule has 144 valence electrons. The van der Waals surface area contributed by atoms with Gasteiger partial charge in [0.2, 0.25) is 0 Å². The van der Waals surface area contributed by atoms with Crippen molar-refractivity contribution >= 4 is 5.82 Å². The van der Waals surface area contributed by atoms with E-state index in [1.165, 1.54) is 62.7 Å². The number of aromatic nitrogens is 4. The predicted molar refractivity (Wildman–Crippen MR) is 106 cm³/mol. The Morgan fingerprint density at radius 1 is 0.963 bits per heavy atom. The van der Waals surface area contributed by atoms with Crippen LogP contribution in [0.5, 0.6) is 0 Å². The SMILES string of the molecule is c1cnc(N2C[C@@H]3CC[C@H](C2)N(Cc2cn[nH]c2C2CCCCC2)C3)cn1. The minimum absolute atomic E-state index is 0.597. The van der Waals surface area contributed by atoms with E-state index in [9.17, 15) is 0 Å². The van der Waals surface area contributed by atoms with Gasteiger partial charge in [0.15, 0.2) is 0 Å². The number of fused-ring (bicyclic) bond motifs is 4. The van der Waals surface area contributed by atoms with Gasteiger partial charge < -0.3 is 4.90 Å². The molecule has 1 N–H and O–H groups in total. The summed E-state index contributed by atoms with van der Waals surface area (Å²) in [6.07, 6.45) is 17.0. The second-order valence-corrected chi connectivity index (χ2v) is 8.64. The van der Waals surface area contributed by atoms with Crippen molar-refractivity contribution in [1.29, 1.82) is 0 Å². The molecule has 1 aliphatic carbocycles. The van der Waals surface area contributed by atoms with Crippen LogP contribution in [0.2, 0.25) is 0 Å². The second-order valence-electron chi connectivity index (χ2n) is 8.64. The Morgan fingerprint density at radius 2 is 1.89 bits per heavy atom. The molecule has 1 saturated carbocycles. The molecule has 4 fully saturated rings. The first-order chi connectivity index (χ1) is 13.4. The van der Waals surface area contributed by atoms with E-state index in [1.54, 1.807) is 6.20 Å². The molecule has 0 aromatic carbocycles. The molecule has 6 nitrogen and oxygen atoms in total. The molecular formula is C21H30N6. The van der Waals surface area contributed by atoms with Crippen molar-refractivity contribution in [2.45, 2.75) is 63.5 Å². The number of nitrogens with one attached hydrogen (secondary N) is 1. The van der Waals surface area contributed by atoms with Gasteiger partial charge in [-0.25, -0.2) is 4.98 Å². The molecule has 2 aromatic heterocycles. The highest BCUT2D eigenvalue weighted by molar-refractivity contribution is 5.36. The first kappa shape index (κ1) is 17.2. The van der Waals surface area contributed by atoms with E-state index in [2.05, 4.69) is 36.2 Å². The number of H-pyrrole nitrogens is 1. The first-order valence-corrected chi connectivity index (χ1v) is 10.6. The summed E-state index contributed by atoms with van der Waals surface area (Å²) in [6, 6.07) is 0.597. The second kappa shape index (κ2) is 7.58. The molecule has 0 radical (unpaired) electrons. The van der Waals surface area contributed by atoms with Crippen LogP contribution in [0.15, 0.2) is 24.8 Å². The van der Waals surface area contributed by atoms with Gasteiger partial charge in [-0.15, -0.1) is 0 Å². The summed E-state index contributed by atoms with van der Waals surface area (Å²) in [5.41, 5.74) is 2.85. The van der Waals surface area contributed by atoms with Crippen LogP contribution in [-0.2, 0) is 6.54 Å². The monoisotopic (exact) mass is 366 g/mol. The van der Waals surface area contributed by atoms with E-state index in [0.29, 0.717) is 12.0 Å². The zero-order valence-electron chi connectivity index (χ0n) is 16.1. The smallest absolute Gasteiger partial charge is 0.147 e. The molecule has 0 spiro atoms. The molecule has 5 heterocycles. The van der Waals surface area contributed by atoms with Gasteiger partial charge in [-0.2, -0.15) is 5.10 Å². The Bertz CT molecular complexity index is 738. The lowest BCUT2D eigenvalue weighted by molar-refractivity contribution is 0.126.